The summed E-state index contributed by atoms with van der Waals surface area (Å²) in [5, 5.41) is 11.6. The van der Waals surface area contributed by atoms with Gasteiger partial charge in [-0.25, -0.2) is 4.39 Å². The van der Waals surface area contributed by atoms with Gasteiger partial charge in [-0.2, -0.15) is 0 Å². The van der Waals surface area contributed by atoms with Gasteiger partial charge in [0.2, 0.25) is 0 Å². The van der Waals surface area contributed by atoms with Crippen molar-refractivity contribution in [3.63, 3.8) is 0 Å². The van der Waals surface area contributed by atoms with E-state index < -0.39 is 22.6 Å². The van der Waals surface area contributed by atoms with Gasteiger partial charge in [-0.15, -0.1) is 0 Å². The predicted molar refractivity (Wildman–Crippen MR) is 105 cm³/mol. The molecule has 2 fully saturated rings. The molecule has 0 amide bonds. The van der Waals surface area contributed by atoms with Gasteiger partial charge in [0.25, 0.3) is 0 Å². The molecule has 5 heteroatoms. The average Bonchev–Trinajstić information content (AvgIpc) is 2.84. The number of halogens is 2. The van der Waals surface area contributed by atoms with Gasteiger partial charge < -0.3 is 5.11 Å². The number of carbonyl (C=O) groups is 2. The summed E-state index contributed by atoms with van der Waals surface area (Å²) in [5.41, 5.74) is -0.481. The minimum Gasteiger partial charge on any atom is -0.381 e. The highest BCUT2D eigenvalue weighted by atomic mass is 79.9. The second kappa shape index (κ2) is 6.09. The summed E-state index contributed by atoms with van der Waals surface area (Å²) in [6.07, 6.45) is 5.41. The third-order valence-electron chi connectivity index (χ3n) is 8.45. The summed E-state index contributed by atoms with van der Waals surface area (Å²) in [5.74, 6) is -0.194. The number of fused-ring (bicyclic) bond motifs is 5. The van der Waals surface area contributed by atoms with E-state index in [0.717, 1.165) is 6.42 Å². The standard InChI is InChI=1S/C22H28BrFO3/c1-12-8-16-14-10-18(24)17-9-13(25)4-6-20(17,2)15(14)5-7-21(16,3)22(12,27)19(26)11-23/h5,9,12,14,16,18,27H,4,6-8,10-11H2,1-3H3/t12?,14-,16+,18?,20-,21+,22+/m1/s1. The van der Waals surface area contributed by atoms with E-state index in [9.17, 15) is 14.7 Å². The Bertz CT molecular complexity index is 774. The fraction of sp³-hybridized carbons (Fsp3) is 0.727. The van der Waals surface area contributed by atoms with Crippen LogP contribution in [0.2, 0.25) is 0 Å². The fourth-order valence-electron chi connectivity index (χ4n) is 6.90. The van der Waals surface area contributed by atoms with E-state index in [0.29, 0.717) is 31.3 Å². The Morgan fingerprint density at radius 2 is 2.04 bits per heavy atom. The molecule has 3 nitrogen and oxygen atoms in total. The number of aliphatic hydroxyl groups is 1. The van der Waals surface area contributed by atoms with Crippen LogP contribution in [0.5, 0.6) is 0 Å². The zero-order valence-electron chi connectivity index (χ0n) is 16.2. The van der Waals surface area contributed by atoms with Crippen molar-refractivity contribution in [2.45, 2.75) is 64.6 Å². The highest BCUT2D eigenvalue weighted by Gasteiger charge is 2.67. The van der Waals surface area contributed by atoms with Crippen molar-refractivity contribution in [2.75, 3.05) is 5.33 Å². The lowest BCUT2D eigenvalue weighted by Crippen LogP contribution is -2.57. The summed E-state index contributed by atoms with van der Waals surface area (Å²) in [7, 11) is 0. The molecule has 0 saturated heterocycles. The van der Waals surface area contributed by atoms with E-state index in [-0.39, 0.29) is 34.7 Å². The molecule has 7 atom stereocenters. The zero-order valence-corrected chi connectivity index (χ0v) is 17.8. The van der Waals surface area contributed by atoms with E-state index in [1.54, 1.807) is 6.08 Å². The number of ketones is 2. The molecule has 0 radical (unpaired) electrons. The lowest BCUT2D eigenvalue weighted by atomic mass is 9.50. The van der Waals surface area contributed by atoms with Crippen molar-refractivity contribution < 1.29 is 19.1 Å². The number of carbonyl (C=O) groups excluding carboxylic acids is 2. The summed E-state index contributed by atoms with van der Waals surface area (Å²) >= 11 is 3.24. The maximum atomic E-state index is 15.2. The van der Waals surface area contributed by atoms with Gasteiger partial charge in [0, 0.05) is 17.3 Å². The first-order chi connectivity index (χ1) is 12.6. The third-order valence-corrected chi connectivity index (χ3v) is 8.96. The average molecular weight is 439 g/mol. The first-order valence-corrected chi connectivity index (χ1v) is 11.1. The molecule has 4 rings (SSSR count). The molecule has 148 valence electrons. The summed E-state index contributed by atoms with van der Waals surface area (Å²) in [6.45, 7) is 6.04. The van der Waals surface area contributed by atoms with Gasteiger partial charge in [-0.05, 0) is 55.1 Å². The fourth-order valence-corrected chi connectivity index (χ4v) is 7.33. The van der Waals surface area contributed by atoms with Crippen LogP contribution in [0.25, 0.3) is 0 Å². The molecule has 0 bridgehead atoms. The van der Waals surface area contributed by atoms with Crippen LogP contribution in [0, 0.1) is 28.6 Å². The Labute approximate surface area is 168 Å². The van der Waals surface area contributed by atoms with Gasteiger partial charge in [-0.1, -0.05) is 48.4 Å². The lowest BCUT2D eigenvalue weighted by Gasteiger charge is -2.55. The van der Waals surface area contributed by atoms with Crippen LogP contribution in [-0.2, 0) is 9.59 Å². The molecule has 0 aliphatic heterocycles. The first kappa shape index (κ1) is 19.5. The predicted octanol–water partition coefficient (Wildman–Crippen LogP) is 4.33. The van der Waals surface area contributed by atoms with Gasteiger partial charge in [0.05, 0.1) is 5.33 Å². The Kier molecular flexibility index (Phi) is 4.40. The Hall–Kier alpha value is -0.810. The van der Waals surface area contributed by atoms with Crippen LogP contribution in [0.3, 0.4) is 0 Å². The van der Waals surface area contributed by atoms with Crippen molar-refractivity contribution in [2.24, 2.45) is 28.6 Å². The normalized spacial score (nSPS) is 48.9. The topological polar surface area (TPSA) is 54.4 Å². The van der Waals surface area contributed by atoms with Gasteiger partial charge in [0.1, 0.15) is 11.8 Å². The molecule has 0 aromatic rings. The van der Waals surface area contributed by atoms with E-state index >= 15 is 4.39 Å². The lowest BCUT2D eigenvalue weighted by molar-refractivity contribution is -0.155. The molecule has 27 heavy (non-hydrogen) atoms. The third kappa shape index (κ3) is 2.33. The second-order valence-electron chi connectivity index (χ2n) is 9.56. The summed E-state index contributed by atoms with van der Waals surface area (Å²) in [6, 6.07) is 0. The molecule has 4 aliphatic rings. The number of hydrogen-bond acceptors (Lipinski definition) is 3. The van der Waals surface area contributed by atoms with E-state index in [4.69, 9.17) is 0 Å². The van der Waals surface area contributed by atoms with Gasteiger partial charge in [0.15, 0.2) is 11.6 Å². The molecule has 0 aromatic heterocycles. The maximum absolute atomic E-state index is 15.2. The van der Waals surface area contributed by atoms with Crippen LogP contribution in [0.15, 0.2) is 23.3 Å². The quantitative estimate of drug-likeness (QED) is 0.515. The number of rotatable bonds is 2. The maximum Gasteiger partial charge on any atom is 0.175 e. The van der Waals surface area contributed by atoms with Gasteiger partial charge >= 0.3 is 0 Å². The van der Waals surface area contributed by atoms with Crippen LogP contribution in [-0.4, -0.2) is 33.8 Å². The van der Waals surface area contributed by atoms with E-state index in [2.05, 4.69) is 28.9 Å². The highest BCUT2D eigenvalue weighted by Crippen LogP contribution is 2.67. The monoisotopic (exact) mass is 438 g/mol. The van der Waals surface area contributed by atoms with Crippen molar-refractivity contribution in [1.29, 1.82) is 0 Å². The van der Waals surface area contributed by atoms with Crippen LogP contribution < -0.4 is 0 Å². The second-order valence-corrected chi connectivity index (χ2v) is 10.1. The van der Waals surface area contributed by atoms with Crippen molar-refractivity contribution in [1.82, 2.24) is 0 Å². The Morgan fingerprint density at radius 3 is 2.70 bits per heavy atom. The molecule has 0 spiro atoms. The molecule has 2 saturated carbocycles. The Morgan fingerprint density at radius 1 is 1.33 bits per heavy atom. The van der Waals surface area contributed by atoms with E-state index in [1.165, 1.54) is 5.57 Å². The molecule has 0 aromatic carbocycles. The Balaban J connectivity index is 1.81. The minimum absolute atomic E-state index is 0.0219. The number of alkyl halides is 2. The summed E-state index contributed by atoms with van der Waals surface area (Å²) in [4.78, 5) is 24.6. The smallest absolute Gasteiger partial charge is 0.175 e. The molecule has 4 aliphatic carbocycles. The molecule has 0 heterocycles. The first-order valence-electron chi connectivity index (χ1n) is 10.0. The highest BCUT2D eigenvalue weighted by molar-refractivity contribution is 9.09. The molecular formula is C22H28BrFO3. The van der Waals surface area contributed by atoms with Gasteiger partial charge in [-0.3, -0.25) is 9.59 Å². The van der Waals surface area contributed by atoms with Crippen molar-refractivity contribution in [3.05, 3.63) is 23.3 Å². The minimum atomic E-state index is -1.38. The van der Waals surface area contributed by atoms with Crippen molar-refractivity contribution >= 4 is 27.5 Å². The number of allylic oxidation sites excluding steroid dienone is 4. The van der Waals surface area contributed by atoms with Crippen LogP contribution in [0.4, 0.5) is 4.39 Å². The number of hydrogen-bond donors (Lipinski definition) is 1. The molecular weight excluding hydrogens is 411 g/mol. The zero-order chi connectivity index (χ0) is 19.8. The number of Topliss-reactive ketones (excluding diaryl/α,β-unsaturated/α-hetero) is 1. The van der Waals surface area contributed by atoms with E-state index in [1.807, 2.05) is 13.8 Å². The van der Waals surface area contributed by atoms with Crippen LogP contribution >= 0.6 is 15.9 Å². The van der Waals surface area contributed by atoms with Crippen molar-refractivity contribution in [3.8, 4) is 0 Å². The largest absolute Gasteiger partial charge is 0.381 e. The molecule has 2 unspecified atom stereocenters. The SMILES string of the molecule is CC1C[C@H]2[C@@H]3CC(F)C4=CC(=O)CC[C@]4(C)C3=CC[C@]2(C)[C@@]1(O)C(=O)CBr. The molecule has 1 N–H and O–H groups in total. The van der Waals surface area contributed by atoms with Crippen LogP contribution in [0.1, 0.15) is 52.9 Å². The summed E-state index contributed by atoms with van der Waals surface area (Å²) < 4.78 is 15.2.